The van der Waals surface area contributed by atoms with Gasteiger partial charge in [0.05, 0.1) is 10.6 Å². The molecule has 0 radical (unpaired) electrons. The zero-order valence-corrected chi connectivity index (χ0v) is 23.0. The third-order valence-corrected chi connectivity index (χ3v) is 8.12. The Labute approximate surface area is 224 Å². The van der Waals surface area contributed by atoms with Gasteiger partial charge in [-0.25, -0.2) is 8.42 Å². The number of benzene rings is 3. The van der Waals surface area contributed by atoms with Crippen molar-refractivity contribution in [3.8, 4) is 0 Å². The van der Waals surface area contributed by atoms with E-state index in [1.54, 1.807) is 54.6 Å². The second-order valence-electron chi connectivity index (χ2n) is 8.85. The Bertz CT molecular complexity index is 1340. The van der Waals surface area contributed by atoms with Gasteiger partial charge in [0.1, 0.15) is 12.6 Å². The quantitative estimate of drug-likeness (QED) is 0.403. The van der Waals surface area contributed by atoms with Crippen LogP contribution in [-0.2, 0) is 26.2 Å². The monoisotopic (exact) mass is 541 g/mol. The lowest BCUT2D eigenvalue weighted by Gasteiger charge is -2.33. The first-order valence-electron chi connectivity index (χ1n) is 12.0. The summed E-state index contributed by atoms with van der Waals surface area (Å²) in [6.07, 6.45) is 0.355. The minimum absolute atomic E-state index is 0.0787. The molecule has 0 heterocycles. The highest BCUT2D eigenvalue weighted by Crippen LogP contribution is 2.26. The molecular weight excluding hydrogens is 510 g/mol. The van der Waals surface area contributed by atoms with E-state index in [2.05, 4.69) is 5.32 Å². The predicted octanol–water partition coefficient (Wildman–Crippen LogP) is 4.71. The number of anilines is 1. The van der Waals surface area contributed by atoms with E-state index in [4.69, 9.17) is 11.6 Å². The Balaban J connectivity index is 2.05. The van der Waals surface area contributed by atoms with Crippen LogP contribution in [0.3, 0.4) is 0 Å². The largest absolute Gasteiger partial charge is 0.357 e. The molecule has 9 heteroatoms. The molecule has 0 unspecified atom stereocenters. The van der Waals surface area contributed by atoms with Gasteiger partial charge in [0, 0.05) is 18.6 Å². The smallest absolute Gasteiger partial charge is 0.264 e. The maximum Gasteiger partial charge on any atom is 0.264 e. The number of carbonyl (C=O) groups is 2. The van der Waals surface area contributed by atoms with Gasteiger partial charge in [0.2, 0.25) is 11.8 Å². The summed E-state index contributed by atoms with van der Waals surface area (Å²) in [5, 5.41) is 3.17. The van der Waals surface area contributed by atoms with Crippen molar-refractivity contribution in [2.45, 2.75) is 44.7 Å². The van der Waals surface area contributed by atoms with E-state index in [1.165, 1.54) is 24.1 Å². The number of aryl methyl sites for hydroxylation is 2. The van der Waals surface area contributed by atoms with Gasteiger partial charge in [0.15, 0.2) is 0 Å². The van der Waals surface area contributed by atoms with Crippen molar-refractivity contribution >= 4 is 39.1 Å². The van der Waals surface area contributed by atoms with Crippen LogP contribution in [0.4, 0.5) is 5.69 Å². The van der Waals surface area contributed by atoms with Gasteiger partial charge >= 0.3 is 0 Å². The summed E-state index contributed by atoms with van der Waals surface area (Å²) in [6, 6.07) is 19.7. The van der Waals surface area contributed by atoms with Crippen molar-refractivity contribution in [3.63, 3.8) is 0 Å². The zero-order chi connectivity index (χ0) is 27.2. The van der Waals surface area contributed by atoms with Gasteiger partial charge < -0.3 is 10.2 Å². The van der Waals surface area contributed by atoms with Crippen molar-refractivity contribution < 1.29 is 18.0 Å². The number of rotatable bonds is 10. The van der Waals surface area contributed by atoms with E-state index in [0.29, 0.717) is 17.1 Å². The fourth-order valence-electron chi connectivity index (χ4n) is 4.02. The Kier molecular flexibility index (Phi) is 9.34. The summed E-state index contributed by atoms with van der Waals surface area (Å²) in [5.41, 5.74) is 2.91. The zero-order valence-electron chi connectivity index (χ0n) is 21.4. The fourth-order valence-corrected chi connectivity index (χ4v) is 5.55. The standard InChI is InChI=1S/C28H32ClN3O4S/c1-5-26(28(34)30-4)31(18-22-11-13-23(29)14-12-22)27(33)19-32(24-8-6-7-21(3)17-24)37(35,36)25-15-9-20(2)10-16-25/h6-17,26H,5,18-19H2,1-4H3,(H,30,34)/t26-/m1/s1. The first-order valence-corrected chi connectivity index (χ1v) is 13.8. The molecule has 3 aromatic carbocycles. The topological polar surface area (TPSA) is 86.8 Å². The van der Waals surface area contributed by atoms with Crippen LogP contribution in [0.5, 0.6) is 0 Å². The van der Waals surface area contributed by atoms with E-state index < -0.39 is 28.5 Å². The lowest BCUT2D eigenvalue weighted by atomic mass is 10.1. The van der Waals surface area contributed by atoms with Crippen molar-refractivity contribution in [1.82, 2.24) is 10.2 Å². The molecule has 196 valence electrons. The molecule has 1 N–H and O–H groups in total. The molecule has 37 heavy (non-hydrogen) atoms. The highest BCUT2D eigenvalue weighted by Gasteiger charge is 2.33. The molecule has 0 aliphatic carbocycles. The molecule has 1 atom stereocenters. The number of amides is 2. The minimum atomic E-state index is -4.09. The van der Waals surface area contributed by atoms with Gasteiger partial charge in [0.25, 0.3) is 10.0 Å². The summed E-state index contributed by atoms with van der Waals surface area (Å²) >= 11 is 6.02. The minimum Gasteiger partial charge on any atom is -0.357 e. The third kappa shape index (κ3) is 6.90. The van der Waals surface area contributed by atoms with E-state index >= 15 is 0 Å². The number of hydrogen-bond donors (Lipinski definition) is 1. The van der Waals surface area contributed by atoms with Crippen LogP contribution in [0.2, 0.25) is 5.02 Å². The molecule has 0 saturated heterocycles. The number of nitrogens with zero attached hydrogens (tertiary/aromatic N) is 2. The molecule has 3 aromatic rings. The summed E-state index contributed by atoms with van der Waals surface area (Å²) in [7, 11) is -2.57. The van der Waals surface area contributed by atoms with Crippen LogP contribution in [0.15, 0.2) is 77.7 Å². The molecule has 7 nitrogen and oxygen atoms in total. The Morgan fingerprint density at radius 2 is 1.59 bits per heavy atom. The van der Waals surface area contributed by atoms with Gasteiger partial charge in [-0.2, -0.15) is 0 Å². The molecule has 0 aliphatic rings. The van der Waals surface area contributed by atoms with E-state index in [-0.39, 0.29) is 17.3 Å². The number of carbonyl (C=O) groups excluding carboxylic acids is 2. The molecule has 0 bridgehead atoms. The molecule has 0 saturated carbocycles. The van der Waals surface area contributed by atoms with Crippen molar-refractivity contribution in [1.29, 1.82) is 0 Å². The number of sulfonamides is 1. The fraction of sp³-hybridized carbons (Fsp3) is 0.286. The average molecular weight is 542 g/mol. The number of nitrogens with one attached hydrogen (secondary N) is 1. The third-order valence-electron chi connectivity index (χ3n) is 6.08. The lowest BCUT2D eigenvalue weighted by Crippen LogP contribution is -2.51. The SMILES string of the molecule is CC[C@H](C(=O)NC)N(Cc1ccc(Cl)cc1)C(=O)CN(c1cccc(C)c1)S(=O)(=O)c1ccc(C)cc1. The van der Waals surface area contributed by atoms with E-state index in [0.717, 1.165) is 21.0 Å². The van der Waals surface area contributed by atoms with Gasteiger partial charge in [-0.15, -0.1) is 0 Å². The molecule has 0 fully saturated rings. The van der Waals surface area contributed by atoms with Crippen LogP contribution in [0.1, 0.15) is 30.0 Å². The molecule has 0 spiro atoms. The maximum atomic E-state index is 13.8. The van der Waals surface area contributed by atoms with Crippen LogP contribution in [0.25, 0.3) is 0 Å². The lowest BCUT2D eigenvalue weighted by molar-refractivity contribution is -0.140. The Morgan fingerprint density at radius 1 is 0.946 bits per heavy atom. The van der Waals surface area contributed by atoms with Crippen molar-refractivity contribution in [2.24, 2.45) is 0 Å². The number of halogens is 1. The average Bonchev–Trinajstić information content (AvgIpc) is 2.88. The summed E-state index contributed by atoms with van der Waals surface area (Å²) < 4.78 is 28.7. The normalized spacial score (nSPS) is 12.0. The summed E-state index contributed by atoms with van der Waals surface area (Å²) in [6.45, 7) is 5.18. The van der Waals surface area contributed by atoms with Crippen LogP contribution in [0, 0.1) is 13.8 Å². The highest BCUT2D eigenvalue weighted by atomic mass is 35.5. The predicted molar refractivity (Wildman–Crippen MR) is 147 cm³/mol. The first kappa shape index (κ1) is 28.2. The molecule has 0 aliphatic heterocycles. The van der Waals surface area contributed by atoms with Gasteiger partial charge in [-0.1, -0.05) is 60.5 Å². The van der Waals surface area contributed by atoms with Crippen LogP contribution >= 0.6 is 11.6 Å². The summed E-state index contributed by atoms with van der Waals surface area (Å²) in [5.74, 6) is -0.823. The molecule has 2 amide bonds. The van der Waals surface area contributed by atoms with E-state index in [9.17, 15) is 18.0 Å². The van der Waals surface area contributed by atoms with Gasteiger partial charge in [-0.3, -0.25) is 13.9 Å². The molecule has 0 aromatic heterocycles. The maximum absolute atomic E-state index is 13.8. The highest BCUT2D eigenvalue weighted by molar-refractivity contribution is 7.92. The van der Waals surface area contributed by atoms with Crippen LogP contribution in [-0.4, -0.2) is 44.8 Å². The number of hydrogen-bond acceptors (Lipinski definition) is 4. The Morgan fingerprint density at radius 3 is 2.16 bits per heavy atom. The second-order valence-corrected chi connectivity index (χ2v) is 11.1. The number of likely N-dealkylation sites (N-methyl/N-ethyl adjacent to an activating group) is 1. The first-order chi connectivity index (χ1) is 17.6. The second kappa shape index (κ2) is 12.3. The molecular formula is C28H32ClN3O4S. The summed E-state index contributed by atoms with van der Waals surface area (Å²) in [4.78, 5) is 28.1. The van der Waals surface area contributed by atoms with E-state index in [1.807, 2.05) is 26.8 Å². The van der Waals surface area contributed by atoms with Crippen molar-refractivity contribution in [3.05, 3.63) is 94.5 Å². The van der Waals surface area contributed by atoms with Crippen LogP contribution < -0.4 is 9.62 Å². The van der Waals surface area contributed by atoms with Crippen molar-refractivity contribution in [2.75, 3.05) is 17.9 Å². The van der Waals surface area contributed by atoms with Gasteiger partial charge in [-0.05, 0) is 67.8 Å². The Hall–Kier alpha value is -3.36. The molecule has 3 rings (SSSR count).